The van der Waals surface area contributed by atoms with Gasteiger partial charge in [-0.25, -0.2) is 0 Å². The molecule has 2 atom stereocenters. The normalized spacial score (nSPS) is 18.7. The zero-order chi connectivity index (χ0) is 25.4. The van der Waals surface area contributed by atoms with Crippen molar-refractivity contribution in [1.82, 2.24) is 0 Å². The van der Waals surface area contributed by atoms with Crippen molar-refractivity contribution in [3.05, 3.63) is 141 Å². The monoisotopic (exact) mass is 548 g/mol. The van der Waals surface area contributed by atoms with Crippen LogP contribution in [0.15, 0.2) is 119 Å². The van der Waals surface area contributed by atoms with Crippen LogP contribution in [-0.2, 0) is 4.79 Å². The largest absolute Gasteiger partial charge is 0.372 e. The van der Waals surface area contributed by atoms with Crippen LogP contribution in [0.3, 0.4) is 0 Å². The van der Waals surface area contributed by atoms with Gasteiger partial charge in [-0.3, -0.25) is 9.59 Å². The van der Waals surface area contributed by atoms with Gasteiger partial charge in [0.1, 0.15) is 0 Å². The molecule has 0 aromatic heterocycles. The number of hydrogen-bond acceptors (Lipinski definition) is 4. The fraction of sp³-hybridized carbons (Fsp3) is 0.125. The molecule has 1 heterocycles. The summed E-state index contributed by atoms with van der Waals surface area (Å²) in [5.41, 5.74) is 6.74. The van der Waals surface area contributed by atoms with Gasteiger partial charge in [-0.2, -0.15) is 0 Å². The summed E-state index contributed by atoms with van der Waals surface area (Å²) in [6, 6.07) is 32.9. The zero-order valence-corrected chi connectivity index (χ0v) is 21.7. The summed E-state index contributed by atoms with van der Waals surface area (Å²) in [5, 5.41) is 7.20. The van der Waals surface area contributed by atoms with E-state index in [9.17, 15) is 9.59 Å². The lowest BCUT2D eigenvalue weighted by Crippen LogP contribution is -2.26. The maximum atomic E-state index is 13.7. The molecule has 37 heavy (non-hydrogen) atoms. The zero-order valence-electron chi connectivity index (χ0n) is 20.1. The van der Waals surface area contributed by atoms with Gasteiger partial charge in [0.15, 0.2) is 11.6 Å². The van der Waals surface area contributed by atoms with Crippen LogP contribution in [0.5, 0.6) is 0 Å². The number of halogens is 1. The second kappa shape index (κ2) is 9.83. The summed E-state index contributed by atoms with van der Waals surface area (Å²) in [6.45, 7) is 0. The molecule has 4 aromatic carbocycles. The molecular formula is C32H25BrN2O2. The summed E-state index contributed by atoms with van der Waals surface area (Å²) >= 11 is 3.59. The van der Waals surface area contributed by atoms with E-state index in [-0.39, 0.29) is 23.5 Å². The maximum Gasteiger partial charge on any atom is 0.193 e. The topological polar surface area (TPSA) is 58.2 Å². The summed E-state index contributed by atoms with van der Waals surface area (Å²) in [5.74, 6) is 0.196. The van der Waals surface area contributed by atoms with Crippen molar-refractivity contribution in [2.75, 3.05) is 10.6 Å². The highest BCUT2D eigenvalue weighted by Gasteiger charge is 2.36. The van der Waals surface area contributed by atoms with Crippen LogP contribution in [0, 0.1) is 0 Å². The standard InChI is InChI=1S/C32H25BrN2O2/c33-25-13-7-12-22(16-25)31-30-28(18-24(19-29(30)36)20-8-3-1-4-9-20)34-27-17-23(14-15-26(27)35-31)32(37)21-10-5-2-6-11-21/h1-17,24,31,34-35H,18-19H2/t24-,31-/m1/s1. The molecule has 4 nitrogen and oxygen atoms in total. The van der Waals surface area contributed by atoms with Crippen molar-refractivity contribution in [3.63, 3.8) is 0 Å². The first kappa shape index (κ1) is 23.4. The average Bonchev–Trinajstić information content (AvgIpc) is 3.10. The van der Waals surface area contributed by atoms with Gasteiger partial charge in [0.25, 0.3) is 0 Å². The SMILES string of the molecule is O=C1C[C@H](c2ccccc2)CC2=C1[C@@H](c1cccc(Br)c1)Nc1ccc(C(=O)c3ccccc3)cc1N2. The number of anilines is 2. The van der Waals surface area contributed by atoms with Crippen molar-refractivity contribution < 1.29 is 9.59 Å². The Morgan fingerprint density at radius 1 is 0.730 bits per heavy atom. The van der Waals surface area contributed by atoms with Crippen molar-refractivity contribution in [3.8, 4) is 0 Å². The molecule has 0 saturated heterocycles. The van der Waals surface area contributed by atoms with Crippen LogP contribution in [0.2, 0.25) is 0 Å². The first-order valence-electron chi connectivity index (χ1n) is 12.4. The molecule has 5 heteroatoms. The average molecular weight is 549 g/mol. The third kappa shape index (κ3) is 4.63. The van der Waals surface area contributed by atoms with E-state index >= 15 is 0 Å². The summed E-state index contributed by atoms with van der Waals surface area (Å²) < 4.78 is 0.959. The van der Waals surface area contributed by atoms with E-state index < -0.39 is 0 Å². The Morgan fingerprint density at radius 2 is 1.46 bits per heavy atom. The quantitative estimate of drug-likeness (QED) is 0.257. The Kier molecular flexibility index (Phi) is 6.23. The predicted octanol–water partition coefficient (Wildman–Crippen LogP) is 7.66. The summed E-state index contributed by atoms with van der Waals surface area (Å²) in [4.78, 5) is 26.9. The number of rotatable bonds is 4. The number of ketones is 2. The van der Waals surface area contributed by atoms with Gasteiger partial charge in [0.05, 0.1) is 17.4 Å². The predicted molar refractivity (Wildman–Crippen MR) is 151 cm³/mol. The van der Waals surface area contributed by atoms with Crippen molar-refractivity contribution in [2.24, 2.45) is 0 Å². The van der Waals surface area contributed by atoms with Crippen LogP contribution < -0.4 is 10.6 Å². The minimum absolute atomic E-state index is 0.0333. The van der Waals surface area contributed by atoms with Crippen LogP contribution in [0.1, 0.15) is 51.8 Å². The second-order valence-corrected chi connectivity index (χ2v) is 10.5. The van der Waals surface area contributed by atoms with E-state index in [0.717, 1.165) is 38.2 Å². The molecule has 2 aliphatic rings. The molecule has 0 spiro atoms. The van der Waals surface area contributed by atoms with Crippen molar-refractivity contribution in [1.29, 1.82) is 0 Å². The molecule has 1 aliphatic heterocycles. The van der Waals surface area contributed by atoms with E-state index in [1.54, 1.807) is 0 Å². The van der Waals surface area contributed by atoms with E-state index in [2.05, 4.69) is 44.8 Å². The summed E-state index contributed by atoms with van der Waals surface area (Å²) in [6.07, 6.45) is 1.18. The molecule has 0 radical (unpaired) electrons. The van der Waals surface area contributed by atoms with E-state index in [0.29, 0.717) is 24.0 Å². The Labute approximate surface area is 224 Å². The van der Waals surface area contributed by atoms with Crippen LogP contribution >= 0.6 is 15.9 Å². The van der Waals surface area contributed by atoms with Crippen molar-refractivity contribution >= 4 is 38.9 Å². The van der Waals surface area contributed by atoms with Gasteiger partial charge in [-0.15, -0.1) is 0 Å². The fourth-order valence-corrected chi connectivity index (χ4v) is 5.76. The number of nitrogens with one attached hydrogen (secondary N) is 2. The number of carbonyl (C=O) groups excluding carboxylic acids is 2. The highest BCUT2D eigenvalue weighted by molar-refractivity contribution is 9.10. The van der Waals surface area contributed by atoms with Gasteiger partial charge >= 0.3 is 0 Å². The first-order chi connectivity index (χ1) is 18.1. The molecule has 182 valence electrons. The highest BCUT2D eigenvalue weighted by Crippen LogP contribution is 2.44. The molecule has 6 rings (SSSR count). The molecule has 2 N–H and O–H groups in total. The Balaban J connectivity index is 1.44. The lowest BCUT2D eigenvalue weighted by molar-refractivity contribution is -0.116. The van der Waals surface area contributed by atoms with E-state index in [4.69, 9.17) is 0 Å². The van der Waals surface area contributed by atoms with Gasteiger partial charge in [0, 0.05) is 33.3 Å². The molecular weight excluding hydrogens is 524 g/mol. The Hall–Kier alpha value is -3.96. The smallest absolute Gasteiger partial charge is 0.193 e. The molecule has 0 unspecified atom stereocenters. The lowest BCUT2D eigenvalue weighted by atomic mass is 9.78. The van der Waals surface area contributed by atoms with Crippen molar-refractivity contribution in [2.45, 2.75) is 24.8 Å². The molecule has 0 fully saturated rings. The molecule has 0 amide bonds. The summed E-state index contributed by atoms with van der Waals surface area (Å²) in [7, 11) is 0. The Morgan fingerprint density at radius 3 is 2.22 bits per heavy atom. The molecule has 1 aliphatic carbocycles. The van der Waals surface area contributed by atoms with E-state index in [1.165, 1.54) is 0 Å². The molecule has 0 saturated carbocycles. The third-order valence-electron chi connectivity index (χ3n) is 7.15. The number of fused-ring (bicyclic) bond motifs is 1. The number of hydrogen-bond donors (Lipinski definition) is 2. The van der Waals surface area contributed by atoms with Gasteiger partial charge in [-0.1, -0.05) is 88.7 Å². The van der Waals surface area contributed by atoms with Crippen LogP contribution in [0.25, 0.3) is 0 Å². The highest BCUT2D eigenvalue weighted by atomic mass is 79.9. The first-order valence-corrected chi connectivity index (χ1v) is 13.2. The number of Topliss-reactive ketones (excluding diaryl/α,β-unsaturated/α-hetero) is 1. The minimum Gasteiger partial charge on any atom is -0.372 e. The number of carbonyl (C=O) groups is 2. The van der Waals surface area contributed by atoms with Crippen LogP contribution in [-0.4, -0.2) is 11.6 Å². The number of allylic oxidation sites excluding steroid dienone is 1. The molecule has 0 bridgehead atoms. The lowest BCUT2D eigenvalue weighted by Gasteiger charge is -2.30. The van der Waals surface area contributed by atoms with E-state index in [1.807, 2.05) is 84.9 Å². The second-order valence-electron chi connectivity index (χ2n) is 9.54. The Bertz CT molecular complexity index is 1530. The number of benzene rings is 4. The van der Waals surface area contributed by atoms with Gasteiger partial charge in [-0.05, 0) is 53.8 Å². The van der Waals surface area contributed by atoms with Gasteiger partial charge in [0.2, 0.25) is 0 Å². The maximum absolute atomic E-state index is 13.7. The fourth-order valence-electron chi connectivity index (χ4n) is 5.34. The minimum atomic E-state index is -0.304. The third-order valence-corrected chi connectivity index (χ3v) is 7.65. The van der Waals surface area contributed by atoms with Crippen LogP contribution in [0.4, 0.5) is 11.4 Å². The molecule has 4 aromatic rings. The van der Waals surface area contributed by atoms with Gasteiger partial charge < -0.3 is 10.6 Å².